The minimum Gasteiger partial charge on any atom is -0.378 e. The molecule has 0 spiro atoms. The summed E-state index contributed by atoms with van der Waals surface area (Å²) in [6, 6.07) is 16.5. The molecule has 4 rings (SSSR count). The van der Waals surface area contributed by atoms with E-state index < -0.39 is 5.91 Å². The van der Waals surface area contributed by atoms with Crippen molar-refractivity contribution in [1.29, 1.82) is 0 Å². The summed E-state index contributed by atoms with van der Waals surface area (Å²) in [5, 5.41) is 22.1. The molecule has 4 aromatic rings. The standard InChI is InChI=1S/C22H22N10O3/c1-14(33)25-16-10-8-15(9-11-16)12-24-27-22(34)19-18(13-31(2)17-6-4-3-5-7-17)32(30-26-19)21-20(23)28-35-29-21/h3-12H,13H2,1-2H3,(H2,23,28)(H,25,33)(H,27,34). The first-order chi connectivity index (χ1) is 16.9. The van der Waals surface area contributed by atoms with E-state index in [0.717, 1.165) is 5.69 Å². The van der Waals surface area contributed by atoms with E-state index in [1.807, 2.05) is 42.3 Å². The third kappa shape index (κ3) is 5.47. The summed E-state index contributed by atoms with van der Waals surface area (Å²) in [6.45, 7) is 1.68. The number of hydrogen-bond donors (Lipinski definition) is 3. The summed E-state index contributed by atoms with van der Waals surface area (Å²) in [5.74, 6) is -0.612. The van der Waals surface area contributed by atoms with Gasteiger partial charge in [-0.05, 0) is 40.1 Å². The van der Waals surface area contributed by atoms with Gasteiger partial charge in [0.2, 0.25) is 17.5 Å². The zero-order valence-corrected chi connectivity index (χ0v) is 18.9. The Morgan fingerprint density at radius 3 is 2.54 bits per heavy atom. The molecule has 0 atom stereocenters. The number of benzene rings is 2. The van der Waals surface area contributed by atoms with Gasteiger partial charge in [0.05, 0.1) is 18.5 Å². The molecule has 0 bridgehead atoms. The third-order valence-corrected chi connectivity index (χ3v) is 4.87. The molecular weight excluding hydrogens is 452 g/mol. The number of aromatic nitrogens is 5. The summed E-state index contributed by atoms with van der Waals surface area (Å²) < 4.78 is 5.99. The largest absolute Gasteiger partial charge is 0.378 e. The average Bonchev–Trinajstić information content (AvgIpc) is 3.46. The Morgan fingerprint density at radius 1 is 1.14 bits per heavy atom. The lowest BCUT2D eigenvalue weighted by molar-refractivity contribution is -0.114. The highest BCUT2D eigenvalue weighted by Crippen LogP contribution is 2.20. The molecule has 0 fully saturated rings. The summed E-state index contributed by atoms with van der Waals surface area (Å²) in [6.07, 6.45) is 1.47. The number of hydrogen-bond acceptors (Lipinski definition) is 10. The van der Waals surface area contributed by atoms with Gasteiger partial charge in [0.1, 0.15) is 0 Å². The van der Waals surface area contributed by atoms with Crippen molar-refractivity contribution in [2.75, 3.05) is 23.0 Å². The normalized spacial score (nSPS) is 10.9. The molecule has 2 heterocycles. The van der Waals surface area contributed by atoms with Crippen LogP contribution in [0.2, 0.25) is 0 Å². The second-order valence-electron chi connectivity index (χ2n) is 7.46. The molecule has 13 nitrogen and oxygen atoms in total. The molecule has 2 amide bonds. The van der Waals surface area contributed by atoms with Crippen LogP contribution >= 0.6 is 0 Å². The number of nitrogens with two attached hydrogens (primary N) is 1. The molecule has 178 valence electrons. The first-order valence-corrected chi connectivity index (χ1v) is 10.4. The Hall–Kier alpha value is -5.07. The highest BCUT2D eigenvalue weighted by Gasteiger charge is 2.25. The van der Waals surface area contributed by atoms with Crippen molar-refractivity contribution in [3.63, 3.8) is 0 Å². The Labute approximate surface area is 199 Å². The van der Waals surface area contributed by atoms with Crippen LogP contribution in [0.5, 0.6) is 0 Å². The molecule has 2 aromatic carbocycles. The fraction of sp³-hybridized carbons (Fsp3) is 0.136. The van der Waals surface area contributed by atoms with Crippen molar-refractivity contribution < 1.29 is 14.2 Å². The molecule has 0 saturated heterocycles. The molecular formula is C22H22N10O3. The Balaban J connectivity index is 1.54. The van der Waals surface area contributed by atoms with Gasteiger partial charge in [-0.3, -0.25) is 9.59 Å². The number of nitrogens with zero attached hydrogens (tertiary/aromatic N) is 7. The molecule has 0 aliphatic heterocycles. The van der Waals surface area contributed by atoms with Crippen LogP contribution in [0.1, 0.15) is 28.7 Å². The van der Waals surface area contributed by atoms with E-state index in [1.165, 1.54) is 17.8 Å². The number of amides is 2. The third-order valence-electron chi connectivity index (χ3n) is 4.87. The molecule has 0 saturated carbocycles. The van der Waals surface area contributed by atoms with E-state index in [9.17, 15) is 9.59 Å². The first-order valence-electron chi connectivity index (χ1n) is 10.4. The van der Waals surface area contributed by atoms with Crippen LogP contribution in [-0.2, 0) is 11.3 Å². The van der Waals surface area contributed by atoms with Crippen LogP contribution in [0.4, 0.5) is 17.2 Å². The molecule has 35 heavy (non-hydrogen) atoms. The van der Waals surface area contributed by atoms with E-state index in [0.29, 0.717) is 16.9 Å². The topological polar surface area (TPSA) is 169 Å². The van der Waals surface area contributed by atoms with Gasteiger partial charge >= 0.3 is 0 Å². The number of hydrazone groups is 1. The van der Waals surface area contributed by atoms with Crippen LogP contribution in [0, 0.1) is 0 Å². The summed E-state index contributed by atoms with van der Waals surface area (Å²) in [7, 11) is 1.86. The van der Waals surface area contributed by atoms with Gasteiger partial charge in [0.25, 0.3) is 5.91 Å². The zero-order valence-electron chi connectivity index (χ0n) is 18.9. The van der Waals surface area contributed by atoms with Crippen molar-refractivity contribution >= 4 is 35.2 Å². The summed E-state index contributed by atoms with van der Waals surface area (Å²) in [4.78, 5) is 26.0. The predicted octanol–water partition coefficient (Wildman–Crippen LogP) is 1.59. The smallest absolute Gasteiger partial charge is 0.293 e. The Bertz CT molecular complexity index is 1350. The van der Waals surface area contributed by atoms with Crippen molar-refractivity contribution in [2.45, 2.75) is 13.5 Å². The fourth-order valence-electron chi connectivity index (χ4n) is 3.20. The number of rotatable bonds is 8. The van der Waals surface area contributed by atoms with Crippen LogP contribution in [-0.4, -0.2) is 50.4 Å². The van der Waals surface area contributed by atoms with Gasteiger partial charge in [0, 0.05) is 25.3 Å². The van der Waals surface area contributed by atoms with Gasteiger partial charge in [-0.1, -0.05) is 35.5 Å². The van der Waals surface area contributed by atoms with Crippen molar-refractivity contribution in [3.05, 3.63) is 71.5 Å². The fourth-order valence-corrected chi connectivity index (χ4v) is 3.20. The number of anilines is 3. The van der Waals surface area contributed by atoms with Crippen LogP contribution in [0.25, 0.3) is 5.82 Å². The molecule has 13 heteroatoms. The monoisotopic (exact) mass is 474 g/mol. The van der Waals surface area contributed by atoms with Crippen LogP contribution < -0.4 is 21.4 Å². The van der Waals surface area contributed by atoms with Crippen molar-refractivity contribution in [2.24, 2.45) is 5.10 Å². The highest BCUT2D eigenvalue weighted by atomic mass is 16.6. The molecule has 0 unspecified atom stereocenters. The lowest BCUT2D eigenvalue weighted by Crippen LogP contribution is -2.24. The van der Waals surface area contributed by atoms with Gasteiger partial charge in [0.15, 0.2) is 5.69 Å². The average molecular weight is 474 g/mol. The summed E-state index contributed by atoms with van der Waals surface area (Å²) >= 11 is 0. The van der Waals surface area contributed by atoms with Gasteiger partial charge < -0.3 is 16.0 Å². The quantitative estimate of drug-likeness (QED) is 0.253. The molecule has 2 aromatic heterocycles. The minimum absolute atomic E-state index is 0.00574. The van der Waals surface area contributed by atoms with E-state index in [1.54, 1.807) is 24.3 Å². The molecule has 4 N–H and O–H groups in total. The van der Waals surface area contributed by atoms with Crippen LogP contribution in [0.15, 0.2) is 64.3 Å². The maximum atomic E-state index is 12.9. The van der Waals surface area contributed by atoms with E-state index in [-0.39, 0.29) is 29.8 Å². The molecule has 0 radical (unpaired) electrons. The van der Waals surface area contributed by atoms with E-state index in [4.69, 9.17) is 5.73 Å². The van der Waals surface area contributed by atoms with Crippen LogP contribution in [0.3, 0.4) is 0 Å². The summed E-state index contributed by atoms with van der Waals surface area (Å²) in [5.41, 5.74) is 11.0. The second-order valence-corrected chi connectivity index (χ2v) is 7.46. The predicted molar refractivity (Wildman–Crippen MR) is 128 cm³/mol. The van der Waals surface area contributed by atoms with Gasteiger partial charge in [-0.15, -0.1) is 5.10 Å². The zero-order chi connectivity index (χ0) is 24.8. The lowest BCUT2D eigenvalue weighted by atomic mass is 10.2. The Morgan fingerprint density at radius 2 is 1.89 bits per heavy atom. The number of carbonyl (C=O) groups is 2. The first kappa shape index (κ1) is 23.1. The Kier molecular flexibility index (Phi) is 6.76. The highest BCUT2D eigenvalue weighted by molar-refractivity contribution is 5.94. The number of nitrogens with one attached hydrogen (secondary N) is 2. The van der Waals surface area contributed by atoms with Gasteiger partial charge in [-0.25, -0.2) is 10.1 Å². The lowest BCUT2D eigenvalue weighted by Gasteiger charge is -2.19. The molecule has 0 aliphatic carbocycles. The van der Waals surface area contributed by atoms with Crippen molar-refractivity contribution in [1.82, 2.24) is 30.7 Å². The SMILES string of the molecule is CC(=O)Nc1ccc(C=NNC(=O)c2nnn(-c3nonc3N)c2CN(C)c2ccccc2)cc1. The second kappa shape index (κ2) is 10.2. The number of para-hydroxylation sites is 1. The number of nitrogen functional groups attached to an aromatic ring is 1. The van der Waals surface area contributed by atoms with E-state index in [2.05, 4.69) is 41.1 Å². The maximum Gasteiger partial charge on any atom is 0.293 e. The van der Waals surface area contributed by atoms with Crippen molar-refractivity contribution in [3.8, 4) is 5.82 Å². The number of carbonyl (C=O) groups excluding carboxylic acids is 2. The molecule has 0 aliphatic rings. The van der Waals surface area contributed by atoms with E-state index >= 15 is 0 Å². The minimum atomic E-state index is -0.575. The van der Waals surface area contributed by atoms with Gasteiger partial charge in [-0.2, -0.15) is 9.78 Å². The maximum absolute atomic E-state index is 12.9.